The fourth-order valence-electron chi connectivity index (χ4n) is 1.04. The summed E-state index contributed by atoms with van der Waals surface area (Å²) in [6.45, 7) is 0. The lowest BCUT2D eigenvalue weighted by Gasteiger charge is -1.94. The molecule has 1 aromatic carbocycles. The fourth-order valence-corrected chi connectivity index (χ4v) is 1.36. The van der Waals surface area contributed by atoms with Crippen LogP contribution in [0.25, 0.3) is 10.9 Å². The van der Waals surface area contributed by atoms with Crippen molar-refractivity contribution in [2.45, 2.75) is 0 Å². The van der Waals surface area contributed by atoms with E-state index in [4.69, 9.17) is 0 Å². The van der Waals surface area contributed by atoms with Crippen LogP contribution in [0.15, 0.2) is 41.0 Å². The van der Waals surface area contributed by atoms with Crippen LogP contribution in [0.3, 0.4) is 0 Å². The predicted octanol–water partition coefficient (Wildman–Crippen LogP) is 3.58. The van der Waals surface area contributed by atoms with E-state index in [0.717, 1.165) is 10.1 Å². The summed E-state index contributed by atoms with van der Waals surface area (Å²) in [5.41, 5.74) is 1.03. The van der Waals surface area contributed by atoms with Gasteiger partial charge in [0.2, 0.25) is 0 Å². The Morgan fingerprint density at radius 3 is 2.58 bits per heavy atom. The SMILES string of the molecule is Br.Brc1ccc2ccccc2n1. The third-order valence-corrected chi connectivity index (χ3v) is 2.01. The van der Waals surface area contributed by atoms with Crippen LogP contribution in [-0.2, 0) is 0 Å². The molecule has 2 aromatic rings. The molecular formula is C9H7Br2N. The highest BCUT2D eigenvalue weighted by Crippen LogP contribution is 2.14. The minimum absolute atomic E-state index is 0. The average Bonchev–Trinajstić information content (AvgIpc) is 2.04. The molecule has 0 bridgehead atoms. The van der Waals surface area contributed by atoms with Crippen molar-refractivity contribution in [2.75, 3.05) is 0 Å². The molecule has 1 heterocycles. The molecule has 0 saturated carbocycles. The van der Waals surface area contributed by atoms with Gasteiger partial charge in [0.15, 0.2) is 0 Å². The van der Waals surface area contributed by atoms with Crippen molar-refractivity contribution < 1.29 is 0 Å². The normalized spacial score (nSPS) is 9.42. The molecule has 0 amide bonds. The smallest absolute Gasteiger partial charge is 0.106 e. The van der Waals surface area contributed by atoms with Crippen LogP contribution in [0.4, 0.5) is 0 Å². The second-order valence-corrected chi connectivity index (χ2v) is 3.14. The highest BCUT2D eigenvalue weighted by atomic mass is 79.9. The third kappa shape index (κ3) is 1.84. The van der Waals surface area contributed by atoms with E-state index < -0.39 is 0 Å². The van der Waals surface area contributed by atoms with Gasteiger partial charge in [-0.15, -0.1) is 17.0 Å². The number of para-hydroxylation sites is 1. The first kappa shape index (κ1) is 9.68. The molecule has 0 fully saturated rings. The maximum absolute atomic E-state index is 4.29. The largest absolute Gasteiger partial charge is 0.241 e. The minimum Gasteiger partial charge on any atom is -0.241 e. The molecule has 0 spiro atoms. The molecular weight excluding hydrogens is 282 g/mol. The molecule has 0 N–H and O–H groups in total. The quantitative estimate of drug-likeness (QED) is 0.675. The zero-order valence-corrected chi connectivity index (χ0v) is 9.50. The number of rotatable bonds is 0. The summed E-state index contributed by atoms with van der Waals surface area (Å²) in [6, 6.07) is 12.0. The Morgan fingerprint density at radius 2 is 1.75 bits per heavy atom. The second-order valence-electron chi connectivity index (χ2n) is 2.33. The lowest BCUT2D eigenvalue weighted by molar-refractivity contribution is 1.35. The van der Waals surface area contributed by atoms with Gasteiger partial charge in [-0.25, -0.2) is 4.98 Å². The van der Waals surface area contributed by atoms with E-state index in [2.05, 4.69) is 27.0 Å². The molecule has 1 nitrogen and oxygen atoms in total. The number of pyridine rings is 1. The van der Waals surface area contributed by atoms with Crippen molar-refractivity contribution in [2.24, 2.45) is 0 Å². The number of nitrogens with zero attached hydrogens (tertiary/aromatic N) is 1. The number of hydrogen-bond acceptors (Lipinski definition) is 1. The van der Waals surface area contributed by atoms with E-state index in [1.807, 2.05) is 30.3 Å². The topological polar surface area (TPSA) is 12.9 Å². The summed E-state index contributed by atoms with van der Waals surface area (Å²) < 4.78 is 0.885. The van der Waals surface area contributed by atoms with Gasteiger partial charge in [0.1, 0.15) is 4.60 Å². The van der Waals surface area contributed by atoms with Crippen molar-refractivity contribution in [3.63, 3.8) is 0 Å². The van der Waals surface area contributed by atoms with Crippen LogP contribution >= 0.6 is 32.9 Å². The van der Waals surface area contributed by atoms with E-state index in [0.29, 0.717) is 0 Å². The molecule has 0 saturated heterocycles. The average molecular weight is 289 g/mol. The highest BCUT2D eigenvalue weighted by Gasteiger charge is 1.92. The maximum atomic E-state index is 4.29. The second kappa shape index (κ2) is 4.01. The molecule has 2 rings (SSSR count). The summed E-state index contributed by atoms with van der Waals surface area (Å²) in [6.07, 6.45) is 0. The van der Waals surface area contributed by atoms with Crippen molar-refractivity contribution in [3.05, 3.63) is 41.0 Å². The number of aromatic nitrogens is 1. The van der Waals surface area contributed by atoms with Gasteiger partial charge in [-0.05, 0) is 28.1 Å². The van der Waals surface area contributed by atoms with Gasteiger partial charge in [0.25, 0.3) is 0 Å². The minimum atomic E-state index is 0. The van der Waals surface area contributed by atoms with Gasteiger partial charge in [0.05, 0.1) is 5.52 Å². The van der Waals surface area contributed by atoms with Crippen LogP contribution in [0.5, 0.6) is 0 Å². The zero-order chi connectivity index (χ0) is 7.68. The molecule has 3 heteroatoms. The van der Waals surface area contributed by atoms with Crippen LogP contribution in [0, 0.1) is 0 Å². The van der Waals surface area contributed by atoms with Crippen LogP contribution in [0.1, 0.15) is 0 Å². The van der Waals surface area contributed by atoms with Crippen molar-refractivity contribution >= 4 is 43.8 Å². The van der Waals surface area contributed by atoms with E-state index in [-0.39, 0.29) is 17.0 Å². The Bertz CT molecular complexity index is 387. The Morgan fingerprint density at radius 1 is 1.00 bits per heavy atom. The van der Waals surface area contributed by atoms with E-state index in [1.165, 1.54) is 5.39 Å². The van der Waals surface area contributed by atoms with Crippen molar-refractivity contribution in [1.82, 2.24) is 4.98 Å². The van der Waals surface area contributed by atoms with Crippen LogP contribution in [-0.4, -0.2) is 4.98 Å². The monoisotopic (exact) mass is 287 g/mol. The number of fused-ring (bicyclic) bond motifs is 1. The first-order valence-corrected chi connectivity index (χ1v) is 4.17. The molecule has 0 aliphatic carbocycles. The third-order valence-electron chi connectivity index (χ3n) is 1.56. The molecule has 12 heavy (non-hydrogen) atoms. The van der Waals surface area contributed by atoms with Crippen molar-refractivity contribution in [1.29, 1.82) is 0 Å². The maximum Gasteiger partial charge on any atom is 0.106 e. The molecule has 62 valence electrons. The Kier molecular flexibility index (Phi) is 3.23. The molecule has 0 atom stereocenters. The lowest BCUT2D eigenvalue weighted by atomic mass is 10.2. The zero-order valence-electron chi connectivity index (χ0n) is 6.20. The molecule has 1 aromatic heterocycles. The first-order chi connectivity index (χ1) is 5.36. The summed E-state index contributed by atoms with van der Waals surface area (Å²) >= 11 is 3.32. The summed E-state index contributed by atoms with van der Waals surface area (Å²) in [7, 11) is 0. The van der Waals surface area contributed by atoms with Gasteiger partial charge >= 0.3 is 0 Å². The van der Waals surface area contributed by atoms with Crippen LogP contribution < -0.4 is 0 Å². The fraction of sp³-hybridized carbons (Fsp3) is 0. The van der Waals surface area contributed by atoms with Crippen molar-refractivity contribution in [3.8, 4) is 0 Å². The van der Waals surface area contributed by atoms with E-state index in [1.54, 1.807) is 0 Å². The Hall–Kier alpha value is -0.410. The Labute approximate surface area is 89.7 Å². The van der Waals surface area contributed by atoms with Gasteiger partial charge in [-0.3, -0.25) is 0 Å². The standard InChI is InChI=1S/C9H6BrN.BrH/c10-9-6-5-7-3-1-2-4-8(7)11-9;/h1-6H;1H. The first-order valence-electron chi connectivity index (χ1n) is 3.37. The summed E-state index contributed by atoms with van der Waals surface area (Å²) in [5.74, 6) is 0. The highest BCUT2D eigenvalue weighted by molar-refractivity contribution is 9.10. The Balaban J connectivity index is 0.000000720. The molecule has 0 unspecified atom stereocenters. The van der Waals surface area contributed by atoms with Gasteiger partial charge < -0.3 is 0 Å². The molecule has 0 radical (unpaired) electrons. The summed E-state index contributed by atoms with van der Waals surface area (Å²) in [4.78, 5) is 4.29. The van der Waals surface area contributed by atoms with Gasteiger partial charge in [-0.2, -0.15) is 0 Å². The number of halogens is 2. The number of hydrogen-bond donors (Lipinski definition) is 0. The van der Waals surface area contributed by atoms with Gasteiger partial charge in [0, 0.05) is 5.39 Å². The predicted molar refractivity (Wildman–Crippen MR) is 59.8 cm³/mol. The van der Waals surface area contributed by atoms with Gasteiger partial charge in [-0.1, -0.05) is 24.3 Å². The lowest BCUT2D eigenvalue weighted by Crippen LogP contribution is -1.77. The van der Waals surface area contributed by atoms with Crippen LogP contribution in [0.2, 0.25) is 0 Å². The molecule has 0 aliphatic rings. The van der Waals surface area contributed by atoms with E-state index in [9.17, 15) is 0 Å². The molecule has 0 aliphatic heterocycles. The summed E-state index contributed by atoms with van der Waals surface area (Å²) in [5, 5.41) is 1.18. The van der Waals surface area contributed by atoms with E-state index >= 15 is 0 Å². The number of benzene rings is 1.